The van der Waals surface area contributed by atoms with E-state index in [9.17, 15) is 9.59 Å². The average molecular weight is 512 g/mol. The highest BCUT2D eigenvalue weighted by molar-refractivity contribution is 7.80. The third-order valence-corrected chi connectivity index (χ3v) is 7.53. The molecule has 0 fully saturated rings. The lowest BCUT2D eigenvalue weighted by molar-refractivity contribution is 0.0601. The van der Waals surface area contributed by atoms with Crippen molar-refractivity contribution >= 4 is 72.8 Å². The van der Waals surface area contributed by atoms with Crippen molar-refractivity contribution in [2.75, 3.05) is 24.9 Å². The van der Waals surface area contributed by atoms with Gasteiger partial charge >= 0.3 is 11.9 Å². The Hall–Kier alpha value is -3.34. The van der Waals surface area contributed by atoms with Gasteiger partial charge in [-0.05, 0) is 73.6 Å². The molecule has 2 heterocycles. The van der Waals surface area contributed by atoms with Crippen molar-refractivity contribution in [1.82, 2.24) is 4.98 Å². The summed E-state index contributed by atoms with van der Waals surface area (Å²) in [5.74, 6) is -1.09. The van der Waals surface area contributed by atoms with E-state index >= 15 is 0 Å². The number of fused-ring (bicyclic) bond motifs is 1. The Morgan fingerprint density at radius 3 is 2.32 bits per heavy atom. The van der Waals surface area contributed by atoms with Crippen molar-refractivity contribution in [1.29, 1.82) is 0 Å². The molecule has 10 heteroatoms. The molecule has 0 aliphatic heterocycles. The monoisotopic (exact) mass is 511 g/mol. The summed E-state index contributed by atoms with van der Waals surface area (Å²) >= 11 is 8.17. The van der Waals surface area contributed by atoms with Crippen LogP contribution < -0.4 is 10.6 Å². The number of aryl methyl sites for hydroxylation is 1. The molecule has 0 aliphatic carbocycles. The minimum atomic E-state index is -0.565. The first-order valence-corrected chi connectivity index (χ1v) is 12.2. The first-order chi connectivity index (χ1) is 16.3. The summed E-state index contributed by atoms with van der Waals surface area (Å²) in [6, 6.07) is 14.0. The molecule has 0 bridgehead atoms. The number of hydrogen-bond donors (Lipinski definition) is 2. The maximum atomic E-state index is 12.3. The number of nitrogens with zero attached hydrogens (tertiary/aromatic N) is 1. The molecule has 0 spiro atoms. The molecule has 7 nitrogen and oxygen atoms in total. The van der Waals surface area contributed by atoms with E-state index < -0.39 is 11.9 Å². The van der Waals surface area contributed by atoms with Crippen LogP contribution in [0.2, 0.25) is 0 Å². The van der Waals surface area contributed by atoms with Gasteiger partial charge in [0, 0.05) is 11.3 Å². The molecule has 34 heavy (non-hydrogen) atoms. The van der Waals surface area contributed by atoms with Gasteiger partial charge in [0.25, 0.3) is 0 Å². The molecular weight excluding hydrogens is 490 g/mol. The first-order valence-electron chi connectivity index (χ1n) is 10.2. The van der Waals surface area contributed by atoms with Gasteiger partial charge in [0.1, 0.15) is 14.9 Å². The van der Waals surface area contributed by atoms with Crippen molar-refractivity contribution < 1.29 is 19.1 Å². The van der Waals surface area contributed by atoms with Crippen LogP contribution in [0, 0.1) is 13.8 Å². The fraction of sp³-hybridized carbons (Fsp3) is 0.167. The fourth-order valence-corrected chi connectivity index (χ4v) is 5.83. The second-order valence-corrected chi connectivity index (χ2v) is 9.85. The van der Waals surface area contributed by atoms with Crippen LogP contribution in [0.25, 0.3) is 20.8 Å². The molecule has 0 atom stereocenters. The molecule has 4 aromatic rings. The van der Waals surface area contributed by atoms with Crippen molar-refractivity contribution in [3.8, 4) is 10.6 Å². The van der Waals surface area contributed by atoms with Gasteiger partial charge in [-0.15, -0.1) is 22.7 Å². The molecule has 0 amide bonds. The molecule has 2 aromatic heterocycles. The number of hydrogen-bond acceptors (Lipinski definition) is 8. The van der Waals surface area contributed by atoms with E-state index in [1.54, 1.807) is 18.3 Å². The highest BCUT2D eigenvalue weighted by atomic mass is 32.1. The molecule has 4 rings (SSSR count). The quantitative estimate of drug-likeness (QED) is 0.248. The van der Waals surface area contributed by atoms with Gasteiger partial charge in [0.05, 0.1) is 30.0 Å². The van der Waals surface area contributed by atoms with Gasteiger partial charge in [-0.25, -0.2) is 14.6 Å². The topological polar surface area (TPSA) is 89.5 Å². The van der Waals surface area contributed by atoms with Crippen LogP contribution in [0.3, 0.4) is 0 Å². The van der Waals surface area contributed by atoms with Crippen LogP contribution in [-0.4, -0.2) is 36.3 Å². The minimum Gasteiger partial charge on any atom is -0.465 e. The summed E-state index contributed by atoms with van der Waals surface area (Å²) in [4.78, 5) is 29.4. The number of carbonyl (C=O) groups excluding carboxylic acids is 2. The third kappa shape index (κ3) is 4.79. The highest BCUT2D eigenvalue weighted by Gasteiger charge is 2.26. The number of ether oxygens (including phenoxy) is 2. The number of aromatic nitrogens is 1. The number of methoxy groups -OCH3 is 2. The Bertz CT molecular complexity index is 1410. The Morgan fingerprint density at radius 1 is 0.941 bits per heavy atom. The second-order valence-electron chi connectivity index (χ2n) is 7.39. The SMILES string of the molecule is COC(=O)c1sc(NC(=S)Nc2ccc(-c3nc4ccc(C)cc4s3)cc2)c(C(=O)OC)c1C. The molecule has 0 aliphatic rings. The van der Waals surface area contributed by atoms with Gasteiger partial charge in [0.2, 0.25) is 0 Å². The maximum absolute atomic E-state index is 12.3. The smallest absolute Gasteiger partial charge is 0.348 e. The highest BCUT2D eigenvalue weighted by Crippen LogP contribution is 2.35. The normalized spacial score (nSPS) is 10.7. The average Bonchev–Trinajstić information content (AvgIpc) is 3.38. The molecule has 0 saturated carbocycles. The number of nitrogens with one attached hydrogen (secondary N) is 2. The zero-order chi connectivity index (χ0) is 24.4. The van der Waals surface area contributed by atoms with Crippen LogP contribution in [0.15, 0.2) is 42.5 Å². The zero-order valence-corrected chi connectivity index (χ0v) is 21.3. The van der Waals surface area contributed by atoms with E-state index in [4.69, 9.17) is 26.7 Å². The minimum absolute atomic E-state index is 0.249. The lowest BCUT2D eigenvalue weighted by Crippen LogP contribution is -2.20. The summed E-state index contributed by atoms with van der Waals surface area (Å²) < 4.78 is 10.8. The van der Waals surface area contributed by atoms with Gasteiger partial charge in [-0.1, -0.05) is 6.07 Å². The Kier molecular flexibility index (Phi) is 6.92. The summed E-state index contributed by atoms with van der Waals surface area (Å²) in [6.45, 7) is 3.73. The Morgan fingerprint density at radius 2 is 1.65 bits per heavy atom. The summed E-state index contributed by atoms with van der Waals surface area (Å²) in [7, 11) is 2.57. The van der Waals surface area contributed by atoms with Gasteiger partial charge in [-0.3, -0.25) is 0 Å². The predicted molar refractivity (Wildman–Crippen MR) is 141 cm³/mol. The Balaban J connectivity index is 1.51. The summed E-state index contributed by atoms with van der Waals surface area (Å²) in [5.41, 5.74) is 4.69. The molecule has 174 valence electrons. The van der Waals surface area contributed by atoms with Crippen LogP contribution >= 0.6 is 34.9 Å². The first kappa shape index (κ1) is 23.8. The number of rotatable bonds is 5. The fourth-order valence-electron chi connectivity index (χ4n) is 3.35. The number of carbonyl (C=O) groups is 2. The predicted octanol–water partition coefficient (Wildman–Crippen LogP) is 6.02. The van der Waals surface area contributed by atoms with Crippen LogP contribution in [0.5, 0.6) is 0 Å². The standard InChI is InChI=1S/C24H21N3O4S3/c1-12-5-10-16-17(11-12)33-20(26-16)14-6-8-15(9-7-14)25-24(32)27-21-18(22(28)30-3)13(2)19(34-21)23(29)31-4/h5-11H,1-4H3,(H2,25,27,32). The van der Waals surface area contributed by atoms with Gasteiger partial charge in [-0.2, -0.15) is 0 Å². The van der Waals surface area contributed by atoms with Crippen molar-refractivity contribution in [3.63, 3.8) is 0 Å². The van der Waals surface area contributed by atoms with E-state index in [2.05, 4.69) is 29.7 Å². The van der Waals surface area contributed by atoms with Crippen molar-refractivity contribution in [3.05, 3.63) is 64.0 Å². The number of thiocarbonyl (C=S) groups is 1. The number of thiazole rings is 1. The lowest BCUT2D eigenvalue weighted by atomic mass is 10.1. The third-order valence-electron chi connectivity index (χ3n) is 5.07. The van der Waals surface area contributed by atoms with E-state index in [1.807, 2.05) is 30.3 Å². The lowest BCUT2D eigenvalue weighted by Gasteiger charge is -2.11. The molecule has 0 radical (unpaired) electrons. The van der Waals surface area contributed by atoms with E-state index in [-0.39, 0.29) is 10.7 Å². The largest absolute Gasteiger partial charge is 0.465 e. The molecule has 0 saturated heterocycles. The number of esters is 2. The summed E-state index contributed by atoms with van der Waals surface area (Å²) in [6.07, 6.45) is 0. The van der Waals surface area contributed by atoms with E-state index in [1.165, 1.54) is 19.8 Å². The molecule has 0 unspecified atom stereocenters. The molecule has 2 N–H and O–H groups in total. The second kappa shape index (κ2) is 9.88. The summed E-state index contributed by atoms with van der Waals surface area (Å²) in [5, 5.41) is 7.72. The van der Waals surface area contributed by atoms with E-state index in [0.717, 1.165) is 37.8 Å². The Labute approximate surface area is 209 Å². The molecular formula is C24H21N3O4S3. The van der Waals surface area contributed by atoms with Crippen molar-refractivity contribution in [2.45, 2.75) is 13.8 Å². The van der Waals surface area contributed by atoms with E-state index in [0.29, 0.717) is 15.4 Å². The number of benzene rings is 2. The molecule has 2 aromatic carbocycles. The zero-order valence-electron chi connectivity index (χ0n) is 18.8. The maximum Gasteiger partial charge on any atom is 0.348 e. The van der Waals surface area contributed by atoms with Crippen LogP contribution in [0.1, 0.15) is 31.2 Å². The van der Waals surface area contributed by atoms with Crippen LogP contribution in [0.4, 0.5) is 10.7 Å². The number of anilines is 2. The number of thiophene rings is 1. The van der Waals surface area contributed by atoms with Crippen molar-refractivity contribution in [2.24, 2.45) is 0 Å². The van der Waals surface area contributed by atoms with Gasteiger partial charge in [0.15, 0.2) is 5.11 Å². The van der Waals surface area contributed by atoms with Crippen LogP contribution in [-0.2, 0) is 9.47 Å². The van der Waals surface area contributed by atoms with Gasteiger partial charge < -0.3 is 20.1 Å².